The molecule has 0 amide bonds. The molecule has 1 fully saturated rings. The van der Waals surface area contributed by atoms with E-state index < -0.39 is 10.0 Å². The molecule has 0 spiro atoms. The molecule has 0 aromatic rings. The average molecular weight is 305 g/mol. The topological polar surface area (TPSA) is 63.7 Å². The molecule has 0 saturated carbocycles. The quantitative estimate of drug-likeness (QED) is 0.686. The van der Waals surface area contributed by atoms with Crippen molar-refractivity contribution in [1.29, 1.82) is 0 Å². The summed E-state index contributed by atoms with van der Waals surface area (Å²) in [4.78, 5) is 12.3. The molecule has 0 bridgehead atoms. The van der Waals surface area contributed by atoms with Gasteiger partial charge in [-0.25, -0.2) is 12.7 Å². The van der Waals surface area contributed by atoms with Crippen LogP contribution in [0.5, 0.6) is 0 Å². The Balaban J connectivity index is 2.56. The fraction of sp³-hybridized carbons (Fsp3) is 0.929. The van der Waals surface area contributed by atoms with Gasteiger partial charge >= 0.3 is 0 Å². The summed E-state index contributed by atoms with van der Waals surface area (Å²) in [6.45, 7) is 5.51. The number of carbonyl (C=O) groups excluding carboxylic acids is 1. The zero-order chi connectivity index (χ0) is 15.2. The van der Waals surface area contributed by atoms with E-state index in [0.29, 0.717) is 26.1 Å². The van der Waals surface area contributed by atoms with Crippen molar-refractivity contribution in [3.63, 3.8) is 0 Å². The molecule has 1 aliphatic rings. The number of Topliss-reactive ketones (excluding diaryl/α,β-unsaturated/α-hetero) is 1. The number of piperidine rings is 1. The van der Waals surface area contributed by atoms with Crippen molar-refractivity contribution in [3.05, 3.63) is 0 Å². The van der Waals surface area contributed by atoms with E-state index in [1.54, 1.807) is 0 Å². The smallest absolute Gasteiger partial charge is 0.211 e. The molecule has 2 atom stereocenters. The first-order valence-electron chi connectivity index (χ1n) is 7.47. The van der Waals surface area contributed by atoms with Gasteiger partial charge in [0.1, 0.15) is 6.10 Å². The maximum Gasteiger partial charge on any atom is 0.211 e. The first-order chi connectivity index (χ1) is 9.38. The van der Waals surface area contributed by atoms with Crippen LogP contribution < -0.4 is 0 Å². The first-order valence-corrected chi connectivity index (χ1v) is 9.32. The van der Waals surface area contributed by atoms with Gasteiger partial charge in [0.2, 0.25) is 10.0 Å². The van der Waals surface area contributed by atoms with Crippen LogP contribution in [0.3, 0.4) is 0 Å². The SMILES string of the molecule is CCCC(OCC)C(=O)CC1CCCN(S(C)(=O)=O)C1. The monoisotopic (exact) mass is 305 g/mol. The Bertz CT molecular complexity index is 401. The number of ether oxygens (including phenoxy) is 1. The molecular weight excluding hydrogens is 278 g/mol. The van der Waals surface area contributed by atoms with E-state index in [4.69, 9.17) is 4.74 Å². The number of carbonyl (C=O) groups is 1. The van der Waals surface area contributed by atoms with Crippen LogP contribution in [0, 0.1) is 5.92 Å². The van der Waals surface area contributed by atoms with Crippen molar-refractivity contribution >= 4 is 15.8 Å². The van der Waals surface area contributed by atoms with E-state index in [1.165, 1.54) is 10.6 Å². The number of nitrogens with zero attached hydrogens (tertiary/aromatic N) is 1. The Kier molecular flexibility index (Phi) is 7.12. The number of ketones is 1. The number of hydrogen-bond acceptors (Lipinski definition) is 4. The molecule has 5 nitrogen and oxygen atoms in total. The second-order valence-electron chi connectivity index (χ2n) is 5.53. The number of rotatable bonds is 8. The van der Waals surface area contributed by atoms with Gasteiger partial charge in [0.05, 0.1) is 6.26 Å². The van der Waals surface area contributed by atoms with Crippen molar-refractivity contribution in [3.8, 4) is 0 Å². The molecule has 0 radical (unpaired) electrons. The predicted octanol–water partition coefficient (Wildman–Crippen LogP) is 1.82. The summed E-state index contributed by atoms with van der Waals surface area (Å²) in [6, 6.07) is 0. The van der Waals surface area contributed by atoms with Crippen LogP contribution in [-0.4, -0.2) is 50.6 Å². The summed E-state index contributed by atoms with van der Waals surface area (Å²) in [5.74, 6) is 0.250. The molecular formula is C14H27NO4S. The molecule has 1 saturated heterocycles. The van der Waals surface area contributed by atoms with Crippen LogP contribution >= 0.6 is 0 Å². The lowest BCUT2D eigenvalue weighted by Crippen LogP contribution is -2.40. The Morgan fingerprint density at radius 3 is 2.65 bits per heavy atom. The van der Waals surface area contributed by atoms with Gasteiger partial charge in [-0.3, -0.25) is 4.79 Å². The summed E-state index contributed by atoms with van der Waals surface area (Å²) in [6.07, 6.45) is 4.75. The van der Waals surface area contributed by atoms with Gasteiger partial charge in [-0.1, -0.05) is 13.3 Å². The largest absolute Gasteiger partial charge is 0.371 e. The Morgan fingerprint density at radius 2 is 2.10 bits per heavy atom. The summed E-state index contributed by atoms with van der Waals surface area (Å²) in [7, 11) is -3.14. The molecule has 20 heavy (non-hydrogen) atoms. The second kappa shape index (κ2) is 8.10. The maximum absolute atomic E-state index is 12.3. The van der Waals surface area contributed by atoms with Crippen LogP contribution in [-0.2, 0) is 19.6 Å². The molecule has 0 aliphatic carbocycles. The Hall–Kier alpha value is -0.460. The zero-order valence-electron chi connectivity index (χ0n) is 12.8. The molecule has 1 rings (SSSR count). The lowest BCUT2D eigenvalue weighted by atomic mass is 9.91. The molecule has 1 aliphatic heterocycles. The second-order valence-corrected chi connectivity index (χ2v) is 7.51. The van der Waals surface area contributed by atoms with Gasteiger partial charge in [0, 0.05) is 26.1 Å². The zero-order valence-corrected chi connectivity index (χ0v) is 13.6. The van der Waals surface area contributed by atoms with Crippen LogP contribution in [0.2, 0.25) is 0 Å². The average Bonchev–Trinajstić information content (AvgIpc) is 2.38. The molecule has 118 valence electrons. The van der Waals surface area contributed by atoms with Crippen LogP contribution in [0.25, 0.3) is 0 Å². The summed E-state index contributed by atoms with van der Waals surface area (Å²) in [5.41, 5.74) is 0. The van der Waals surface area contributed by atoms with Gasteiger partial charge in [-0.2, -0.15) is 0 Å². The predicted molar refractivity (Wildman–Crippen MR) is 79.1 cm³/mol. The first kappa shape index (κ1) is 17.6. The fourth-order valence-corrected chi connectivity index (χ4v) is 3.65. The highest BCUT2D eigenvalue weighted by Crippen LogP contribution is 2.23. The van der Waals surface area contributed by atoms with Gasteiger partial charge in [0.15, 0.2) is 5.78 Å². The third-order valence-corrected chi connectivity index (χ3v) is 4.99. The van der Waals surface area contributed by atoms with Crippen molar-refractivity contribution in [1.82, 2.24) is 4.31 Å². The van der Waals surface area contributed by atoms with Crippen LogP contribution in [0.4, 0.5) is 0 Å². The van der Waals surface area contributed by atoms with E-state index in [1.807, 2.05) is 13.8 Å². The normalized spacial score (nSPS) is 22.6. The molecule has 1 heterocycles. The van der Waals surface area contributed by atoms with E-state index in [0.717, 1.165) is 25.7 Å². The van der Waals surface area contributed by atoms with Gasteiger partial charge in [-0.15, -0.1) is 0 Å². The standard InChI is InChI=1S/C14H27NO4S/c1-4-7-14(19-5-2)13(16)10-12-8-6-9-15(11-12)20(3,17)18/h12,14H,4-11H2,1-3H3. The highest BCUT2D eigenvalue weighted by molar-refractivity contribution is 7.88. The molecule has 0 aromatic carbocycles. The van der Waals surface area contributed by atoms with E-state index >= 15 is 0 Å². The minimum atomic E-state index is -3.14. The third kappa shape index (κ3) is 5.50. The van der Waals surface area contributed by atoms with Crippen molar-refractivity contribution < 1.29 is 17.9 Å². The van der Waals surface area contributed by atoms with E-state index in [-0.39, 0.29) is 17.8 Å². The van der Waals surface area contributed by atoms with Gasteiger partial charge < -0.3 is 4.74 Å². The lowest BCUT2D eigenvalue weighted by Gasteiger charge is -2.31. The summed E-state index contributed by atoms with van der Waals surface area (Å²) >= 11 is 0. The van der Waals surface area contributed by atoms with Gasteiger partial charge in [0.25, 0.3) is 0 Å². The highest BCUT2D eigenvalue weighted by atomic mass is 32.2. The molecule has 2 unspecified atom stereocenters. The van der Waals surface area contributed by atoms with E-state index in [2.05, 4.69) is 0 Å². The third-order valence-electron chi connectivity index (χ3n) is 3.72. The molecule has 0 aromatic heterocycles. The fourth-order valence-electron chi connectivity index (χ4n) is 2.71. The summed E-state index contributed by atoms with van der Waals surface area (Å²) in [5, 5.41) is 0. The molecule has 0 N–H and O–H groups in total. The minimum Gasteiger partial charge on any atom is -0.371 e. The summed E-state index contributed by atoms with van der Waals surface area (Å²) < 4.78 is 30.1. The number of sulfonamides is 1. The molecule has 6 heteroatoms. The maximum atomic E-state index is 12.3. The Labute approximate surface area is 122 Å². The van der Waals surface area contributed by atoms with Crippen molar-refractivity contribution in [2.45, 2.75) is 52.1 Å². The number of hydrogen-bond donors (Lipinski definition) is 0. The van der Waals surface area contributed by atoms with Crippen molar-refractivity contribution in [2.75, 3.05) is 26.0 Å². The lowest BCUT2D eigenvalue weighted by molar-refractivity contribution is -0.132. The van der Waals surface area contributed by atoms with Crippen LogP contribution in [0.1, 0.15) is 46.0 Å². The minimum absolute atomic E-state index is 0.119. The van der Waals surface area contributed by atoms with Crippen molar-refractivity contribution in [2.24, 2.45) is 5.92 Å². The van der Waals surface area contributed by atoms with Gasteiger partial charge in [-0.05, 0) is 32.1 Å². The highest BCUT2D eigenvalue weighted by Gasteiger charge is 2.29. The van der Waals surface area contributed by atoms with E-state index in [9.17, 15) is 13.2 Å². The van der Waals surface area contributed by atoms with Crippen LogP contribution in [0.15, 0.2) is 0 Å². The Morgan fingerprint density at radius 1 is 1.40 bits per heavy atom.